The van der Waals surface area contributed by atoms with Gasteiger partial charge in [0.05, 0.1) is 0 Å². The van der Waals surface area contributed by atoms with E-state index in [-0.39, 0.29) is 0 Å². The van der Waals surface area contributed by atoms with Crippen molar-refractivity contribution in [2.45, 2.75) is 32.7 Å². The van der Waals surface area contributed by atoms with Crippen molar-refractivity contribution in [1.82, 2.24) is 9.80 Å². The van der Waals surface area contributed by atoms with Gasteiger partial charge in [-0.05, 0) is 33.2 Å². The van der Waals surface area contributed by atoms with E-state index in [9.17, 15) is 4.79 Å². The number of rotatable bonds is 2. The molecule has 3 heteroatoms. The number of carbonyl (C=O) groups excluding carboxylic acids is 1. The molecule has 0 aliphatic carbocycles. The summed E-state index contributed by atoms with van der Waals surface area (Å²) < 4.78 is 0. The number of hydrogen-bond donors (Lipinski definition) is 0. The van der Waals surface area contributed by atoms with E-state index in [4.69, 9.17) is 0 Å². The smallest absolute Gasteiger partial charge is 0.209 e. The van der Waals surface area contributed by atoms with Crippen molar-refractivity contribution in [3.8, 4) is 0 Å². The van der Waals surface area contributed by atoms with Gasteiger partial charge in [-0.2, -0.15) is 0 Å². The summed E-state index contributed by atoms with van der Waals surface area (Å²) in [7, 11) is 0. The van der Waals surface area contributed by atoms with Crippen LogP contribution >= 0.6 is 0 Å². The maximum atomic E-state index is 10.5. The molecule has 2 rings (SSSR count). The molecule has 14 heavy (non-hydrogen) atoms. The van der Waals surface area contributed by atoms with Crippen molar-refractivity contribution in [3.05, 3.63) is 0 Å². The summed E-state index contributed by atoms with van der Waals surface area (Å²) in [6.45, 7) is 8.92. The third-order valence-corrected chi connectivity index (χ3v) is 3.65. The quantitative estimate of drug-likeness (QED) is 0.614. The normalized spacial score (nSPS) is 26.6. The molecular formula is C11H20N2O. The Morgan fingerprint density at radius 3 is 2.57 bits per heavy atom. The van der Waals surface area contributed by atoms with Crippen molar-refractivity contribution in [2.75, 3.05) is 26.2 Å². The molecule has 2 heterocycles. The van der Waals surface area contributed by atoms with Crippen molar-refractivity contribution >= 4 is 6.41 Å². The van der Waals surface area contributed by atoms with Gasteiger partial charge in [0, 0.05) is 31.1 Å². The summed E-state index contributed by atoms with van der Waals surface area (Å²) in [5, 5.41) is 0. The maximum Gasteiger partial charge on any atom is 0.209 e. The van der Waals surface area contributed by atoms with Crippen LogP contribution in [0.4, 0.5) is 0 Å². The molecule has 2 fully saturated rings. The zero-order valence-corrected chi connectivity index (χ0v) is 9.20. The Morgan fingerprint density at radius 1 is 1.29 bits per heavy atom. The summed E-state index contributed by atoms with van der Waals surface area (Å²) in [5.41, 5.74) is 0.448. The minimum atomic E-state index is 0.448. The molecule has 2 saturated heterocycles. The molecule has 0 aromatic rings. The van der Waals surface area contributed by atoms with Gasteiger partial charge in [0.25, 0.3) is 0 Å². The second kappa shape index (κ2) is 3.54. The summed E-state index contributed by atoms with van der Waals surface area (Å²) >= 11 is 0. The zero-order valence-electron chi connectivity index (χ0n) is 9.20. The van der Waals surface area contributed by atoms with Gasteiger partial charge in [0.15, 0.2) is 0 Å². The second-order valence-electron chi connectivity index (χ2n) is 5.18. The first-order valence-corrected chi connectivity index (χ1v) is 5.59. The second-order valence-corrected chi connectivity index (χ2v) is 5.18. The Balaban J connectivity index is 1.92. The third-order valence-electron chi connectivity index (χ3n) is 3.65. The van der Waals surface area contributed by atoms with Crippen LogP contribution < -0.4 is 0 Å². The van der Waals surface area contributed by atoms with Crippen LogP contribution in [-0.4, -0.2) is 48.4 Å². The number of amides is 1. The lowest BCUT2D eigenvalue weighted by molar-refractivity contribution is -0.134. The molecular weight excluding hydrogens is 176 g/mol. The highest BCUT2D eigenvalue weighted by Gasteiger charge is 2.45. The summed E-state index contributed by atoms with van der Waals surface area (Å²) in [4.78, 5) is 15.0. The minimum Gasteiger partial charge on any atom is -0.344 e. The summed E-state index contributed by atoms with van der Waals surface area (Å²) in [6, 6.07) is 0.650. The Kier molecular flexibility index (Phi) is 2.52. The molecule has 0 bridgehead atoms. The van der Waals surface area contributed by atoms with Gasteiger partial charge in [0.1, 0.15) is 0 Å². The molecule has 0 aromatic carbocycles. The zero-order chi connectivity index (χ0) is 10.2. The Bertz CT molecular complexity index is 221. The average molecular weight is 196 g/mol. The highest BCUT2D eigenvalue weighted by atomic mass is 16.1. The van der Waals surface area contributed by atoms with Gasteiger partial charge in [-0.1, -0.05) is 0 Å². The lowest BCUT2D eigenvalue weighted by atomic mass is 9.73. The van der Waals surface area contributed by atoms with Crippen molar-refractivity contribution < 1.29 is 4.79 Å². The maximum absolute atomic E-state index is 10.5. The van der Waals surface area contributed by atoms with E-state index in [2.05, 4.69) is 18.7 Å². The monoisotopic (exact) mass is 196 g/mol. The molecule has 3 nitrogen and oxygen atoms in total. The fourth-order valence-electron chi connectivity index (χ4n) is 2.83. The first-order valence-electron chi connectivity index (χ1n) is 5.59. The highest BCUT2D eigenvalue weighted by Crippen LogP contribution is 2.38. The van der Waals surface area contributed by atoms with Crippen LogP contribution in [0.25, 0.3) is 0 Å². The van der Waals surface area contributed by atoms with Crippen LogP contribution in [0.1, 0.15) is 26.7 Å². The van der Waals surface area contributed by atoms with Gasteiger partial charge in [-0.15, -0.1) is 0 Å². The molecule has 0 atom stereocenters. The van der Waals surface area contributed by atoms with E-state index in [1.54, 1.807) is 0 Å². The summed E-state index contributed by atoms with van der Waals surface area (Å²) in [6.07, 6.45) is 3.59. The topological polar surface area (TPSA) is 23.6 Å². The van der Waals surface area contributed by atoms with E-state index < -0.39 is 0 Å². The van der Waals surface area contributed by atoms with Crippen molar-refractivity contribution in [1.29, 1.82) is 0 Å². The number of likely N-dealkylation sites (tertiary alicyclic amines) is 2. The molecule has 1 amide bonds. The van der Waals surface area contributed by atoms with Crippen molar-refractivity contribution in [3.63, 3.8) is 0 Å². The molecule has 0 saturated carbocycles. The molecule has 80 valence electrons. The predicted molar refractivity (Wildman–Crippen MR) is 56.0 cm³/mol. The molecule has 0 N–H and O–H groups in total. The fourth-order valence-corrected chi connectivity index (χ4v) is 2.83. The fraction of sp³-hybridized carbons (Fsp3) is 0.909. The Hall–Kier alpha value is -0.570. The van der Waals surface area contributed by atoms with E-state index in [0.29, 0.717) is 11.5 Å². The lowest BCUT2D eigenvalue weighted by Crippen LogP contribution is -2.63. The van der Waals surface area contributed by atoms with E-state index >= 15 is 0 Å². The third kappa shape index (κ3) is 1.65. The van der Waals surface area contributed by atoms with Crippen LogP contribution in [0.3, 0.4) is 0 Å². The number of nitrogens with zero attached hydrogens (tertiary/aromatic N) is 2. The van der Waals surface area contributed by atoms with Crippen LogP contribution in [0, 0.1) is 5.41 Å². The van der Waals surface area contributed by atoms with Gasteiger partial charge >= 0.3 is 0 Å². The predicted octanol–water partition coefficient (Wildman–Crippen LogP) is 0.949. The van der Waals surface area contributed by atoms with Crippen LogP contribution in [-0.2, 0) is 4.79 Å². The van der Waals surface area contributed by atoms with Gasteiger partial charge < -0.3 is 9.80 Å². The van der Waals surface area contributed by atoms with Crippen LogP contribution in [0.2, 0.25) is 0 Å². The van der Waals surface area contributed by atoms with Crippen LogP contribution in [0.15, 0.2) is 0 Å². The molecule has 2 aliphatic heterocycles. The van der Waals surface area contributed by atoms with E-state index in [1.807, 2.05) is 4.90 Å². The van der Waals surface area contributed by atoms with E-state index in [1.165, 1.54) is 25.9 Å². The lowest BCUT2D eigenvalue weighted by Gasteiger charge is -2.54. The molecule has 0 radical (unpaired) electrons. The van der Waals surface area contributed by atoms with E-state index in [0.717, 1.165) is 19.5 Å². The first-order chi connectivity index (χ1) is 6.65. The highest BCUT2D eigenvalue weighted by molar-refractivity contribution is 5.49. The minimum absolute atomic E-state index is 0.448. The molecule has 1 spiro atoms. The Morgan fingerprint density at radius 2 is 2.00 bits per heavy atom. The van der Waals surface area contributed by atoms with Gasteiger partial charge in [-0.25, -0.2) is 0 Å². The van der Waals surface area contributed by atoms with Crippen molar-refractivity contribution in [2.24, 2.45) is 5.41 Å². The van der Waals surface area contributed by atoms with Gasteiger partial charge in [-0.3, -0.25) is 4.79 Å². The SMILES string of the molecule is CC(C)N1CCCC2(CN(C=O)C2)C1. The molecule has 2 aliphatic rings. The number of piperidine rings is 1. The Labute approximate surface area is 86.1 Å². The molecule has 0 unspecified atom stereocenters. The molecule has 0 aromatic heterocycles. The average Bonchev–Trinajstić information content (AvgIpc) is 2.14. The largest absolute Gasteiger partial charge is 0.344 e. The van der Waals surface area contributed by atoms with Gasteiger partial charge in [0.2, 0.25) is 6.41 Å². The number of hydrogen-bond acceptors (Lipinski definition) is 2. The number of carbonyl (C=O) groups is 1. The standard InChI is InChI=1S/C11H20N2O/c1-10(2)13-5-3-4-11(8-13)6-12(7-11)9-14/h9-10H,3-8H2,1-2H3. The van der Waals surface area contributed by atoms with Crippen LogP contribution in [0.5, 0.6) is 0 Å². The first kappa shape index (κ1) is 9.97. The summed E-state index contributed by atoms with van der Waals surface area (Å²) in [5.74, 6) is 0.